The number of phenolic OH excluding ortho intramolecular Hbond substituents is 1. The highest BCUT2D eigenvalue weighted by atomic mass is 19.1. The highest BCUT2D eigenvalue weighted by molar-refractivity contribution is 5.94. The number of hydrogen-bond acceptors (Lipinski definition) is 7. The number of anilines is 3. The number of phenols is 1. The van der Waals surface area contributed by atoms with Crippen LogP contribution in [0, 0.1) is 5.82 Å². The van der Waals surface area contributed by atoms with Crippen molar-refractivity contribution >= 4 is 39.8 Å². The number of carbonyl (C=O) groups excluding carboxylic acids is 2. The van der Waals surface area contributed by atoms with E-state index in [4.69, 9.17) is 10.5 Å². The number of carbonyl (C=O) groups is 2. The van der Waals surface area contributed by atoms with Gasteiger partial charge in [0.2, 0.25) is 11.8 Å². The Kier molecular flexibility index (Phi) is 7.91. The molecular weight excluding hydrogens is 489 g/mol. The monoisotopic (exact) mass is 517 g/mol. The van der Waals surface area contributed by atoms with E-state index in [2.05, 4.69) is 20.9 Å². The van der Waals surface area contributed by atoms with Gasteiger partial charge in [-0.3, -0.25) is 9.59 Å². The normalized spacial score (nSPS) is 11.6. The van der Waals surface area contributed by atoms with Crippen molar-refractivity contribution in [3.63, 3.8) is 0 Å². The Morgan fingerprint density at radius 3 is 2.68 bits per heavy atom. The topological polar surface area (TPSA) is 139 Å². The molecule has 9 nitrogen and oxygen atoms in total. The van der Waals surface area contributed by atoms with Crippen LogP contribution < -0.4 is 26.4 Å². The number of nitrogens with one attached hydrogen (secondary N) is 3. The van der Waals surface area contributed by atoms with Crippen molar-refractivity contribution < 1.29 is 23.8 Å². The first-order valence-corrected chi connectivity index (χ1v) is 12.0. The molecule has 0 saturated heterocycles. The van der Waals surface area contributed by atoms with Crippen molar-refractivity contribution in [1.82, 2.24) is 10.3 Å². The Morgan fingerprint density at radius 2 is 1.92 bits per heavy atom. The zero-order chi connectivity index (χ0) is 27.2. The van der Waals surface area contributed by atoms with E-state index < -0.39 is 23.5 Å². The second kappa shape index (κ2) is 11.5. The summed E-state index contributed by atoms with van der Waals surface area (Å²) in [6, 6.07) is 15.3. The van der Waals surface area contributed by atoms with Gasteiger partial charge in [-0.25, -0.2) is 9.37 Å². The van der Waals surface area contributed by atoms with Gasteiger partial charge in [-0.2, -0.15) is 0 Å². The third kappa shape index (κ3) is 6.09. The predicted molar refractivity (Wildman–Crippen MR) is 144 cm³/mol. The lowest BCUT2D eigenvalue weighted by atomic mass is 10.0. The summed E-state index contributed by atoms with van der Waals surface area (Å²) in [6.07, 6.45) is 1.57. The van der Waals surface area contributed by atoms with Crippen molar-refractivity contribution in [3.8, 4) is 11.5 Å². The van der Waals surface area contributed by atoms with Gasteiger partial charge in [0, 0.05) is 48.1 Å². The number of pyridine rings is 1. The molecule has 0 aliphatic heterocycles. The molecule has 0 spiro atoms. The van der Waals surface area contributed by atoms with Crippen molar-refractivity contribution in [2.45, 2.75) is 26.4 Å². The van der Waals surface area contributed by atoms with Crippen LogP contribution in [0.25, 0.3) is 10.8 Å². The zero-order valence-corrected chi connectivity index (χ0v) is 20.9. The quantitative estimate of drug-likeness (QED) is 0.220. The molecule has 0 fully saturated rings. The number of benzene rings is 3. The number of ether oxygens (including phenoxy) is 1. The lowest BCUT2D eigenvalue weighted by molar-refractivity contribution is -0.122. The van der Waals surface area contributed by atoms with Gasteiger partial charge in [-0.1, -0.05) is 12.1 Å². The molecule has 4 rings (SSSR count). The summed E-state index contributed by atoms with van der Waals surface area (Å²) in [5.41, 5.74) is 7.70. The van der Waals surface area contributed by atoms with Crippen LogP contribution in [0.4, 0.5) is 21.6 Å². The summed E-state index contributed by atoms with van der Waals surface area (Å²) < 4.78 is 20.7. The molecule has 1 unspecified atom stereocenters. The van der Waals surface area contributed by atoms with E-state index in [0.29, 0.717) is 23.8 Å². The number of amides is 2. The fourth-order valence-electron chi connectivity index (χ4n) is 4.06. The van der Waals surface area contributed by atoms with Gasteiger partial charge in [0.05, 0.1) is 6.61 Å². The van der Waals surface area contributed by atoms with Gasteiger partial charge in [-0.15, -0.1) is 0 Å². The Labute approximate surface area is 218 Å². The number of rotatable bonds is 9. The molecule has 1 aromatic heterocycles. The standard InChI is InChI=1S/C28H28FN5O4/c1-3-38-21-13-23(25(29)24(36)14-21)26(34-20-7-8-22-18(12-20)9-10-31-27(22)30)28(37)32-15-17-5-4-6-19(11-17)33-16(2)35/h4-14,26,34,36H,3,15H2,1-2H3,(H2,30,31)(H,32,37)(H,33,35). The molecule has 4 aromatic rings. The van der Waals surface area contributed by atoms with Gasteiger partial charge >= 0.3 is 0 Å². The fraction of sp³-hybridized carbons (Fsp3) is 0.179. The third-order valence-corrected chi connectivity index (χ3v) is 5.76. The third-order valence-electron chi connectivity index (χ3n) is 5.76. The molecule has 196 valence electrons. The second-order valence-corrected chi connectivity index (χ2v) is 8.59. The first kappa shape index (κ1) is 26.2. The molecule has 38 heavy (non-hydrogen) atoms. The number of nitrogens with two attached hydrogens (primary N) is 1. The zero-order valence-electron chi connectivity index (χ0n) is 20.9. The molecule has 1 heterocycles. The molecule has 0 radical (unpaired) electrons. The lowest BCUT2D eigenvalue weighted by Gasteiger charge is -2.22. The van der Waals surface area contributed by atoms with Crippen molar-refractivity contribution in [3.05, 3.63) is 83.8 Å². The number of nitrogens with zero attached hydrogens (tertiary/aromatic N) is 1. The Hall–Kier alpha value is -4.86. The van der Waals surface area contributed by atoms with Gasteiger partial charge in [-0.05, 0) is 60.3 Å². The van der Waals surface area contributed by atoms with Gasteiger partial charge in [0.15, 0.2) is 11.6 Å². The summed E-state index contributed by atoms with van der Waals surface area (Å²) in [6.45, 7) is 3.57. The van der Waals surface area contributed by atoms with Crippen LogP contribution in [0.2, 0.25) is 0 Å². The van der Waals surface area contributed by atoms with Gasteiger partial charge in [0.25, 0.3) is 0 Å². The van der Waals surface area contributed by atoms with E-state index >= 15 is 4.39 Å². The molecule has 10 heteroatoms. The predicted octanol–water partition coefficient (Wildman–Crippen LogP) is 4.49. The maximum atomic E-state index is 15.2. The van der Waals surface area contributed by atoms with E-state index in [0.717, 1.165) is 22.4 Å². The number of hydrogen-bond donors (Lipinski definition) is 5. The average molecular weight is 518 g/mol. The summed E-state index contributed by atoms with van der Waals surface area (Å²) in [5.74, 6) is -1.75. The number of aromatic nitrogens is 1. The minimum absolute atomic E-state index is 0.0905. The van der Waals surface area contributed by atoms with E-state index in [9.17, 15) is 14.7 Å². The van der Waals surface area contributed by atoms with E-state index in [1.165, 1.54) is 13.0 Å². The van der Waals surface area contributed by atoms with Crippen LogP contribution >= 0.6 is 0 Å². The Balaban J connectivity index is 1.66. The molecule has 0 bridgehead atoms. The van der Waals surface area contributed by atoms with Crippen LogP contribution in [-0.4, -0.2) is 28.5 Å². The first-order chi connectivity index (χ1) is 18.2. The van der Waals surface area contributed by atoms with Crippen LogP contribution in [0.5, 0.6) is 11.5 Å². The minimum atomic E-state index is -1.23. The first-order valence-electron chi connectivity index (χ1n) is 12.0. The molecule has 2 amide bonds. The average Bonchev–Trinajstić information content (AvgIpc) is 2.88. The van der Waals surface area contributed by atoms with E-state index in [1.54, 1.807) is 61.7 Å². The molecule has 3 aromatic carbocycles. The number of halogens is 1. The summed E-state index contributed by atoms with van der Waals surface area (Å²) >= 11 is 0. The van der Waals surface area contributed by atoms with Crippen LogP contribution in [0.15, 0.2) is 66.9 Å². The fourth-order valence-corrected chi connectivity index (χ4v) is 4.06. The lowest BCUT2D eigenvalue weighted by Crippen LogP contribution is -2.33. The van der Waals surface area contributed by atoms with Crippen LogP contribution in [0.1, 0.15) is 31.0 Å². The summed E-state index contributed by atoms with van der Waals surface area (Å²) in [4.78, 5) is 28.9. The Bertz CT molecular complexity index is 1490. The minimum Gasteiger partial charge on any atom is -0.505 e. The molecular formula is C28H28FN5O4. The highest BCUT2D eigenvalue weighted by Gasteiger charge is 2.27. The number of fused-ring (bicyclic) bond motifs is 1. The molecule has 0 aliphatic carbocycles. The van der Waals surface area contributed by atoms with Crippen molar-refractivity contribution in [2.24, 2.45) is 0 Å². The van der Waals surface area contributed by atoms with Crippen molar-refractivity contribution in [2.75, 3.05) is 23.0 Å². The summed E-state index contributed by atoms with van der Waals surface area (Å²) in [7, 11) is 0. The van der Waals surface area contributed by atoms with Gasteiger partial charge < -0.3 is 31.5 Å². The van der Waals surface area contributed by atoms with Crippen molar-refractivity contribution in [1.29, 1.82) is 0 Å². The molecule has 0 saturated carbocycles. The SMILES string of the molecule is CCOc1cc(O)c(F)c(C(Nc2ccc3c(N)nccc3c2)C(=O)NCc2cccc(NC(C)=O)c2)c1. The molecule has 0 aliphatic rings. The van der Waals surface area contributed by atoms with E-state index in [1.807, 2.05) is 0 Å². The maximum Gasteiger partial charge on any atom is 0.247 e. The molecule has 1 atom stereocenters. The Morgan fingerprint density at radius 1 is 1.11 bits per heavy atom. The smallest absolute Gasteiger partial charge is 0.247 e. The molecule has 6 N–H and O–H groups in total. The maximum absolute atomic E-state index is 15.2. The second-order valence-electron chi connectivity index (χ2n) is 8.59. The number of nitrogen functional groups attached to an aromatic ring is 1. The van der Waals surface area contributed by atoms with Gasteiger partial charge in [0.1, 0.15) is 17.6 Å². The van der Waals surface area contributed by atoms with Crippen LogP contribution in [-0.2, 0) is 16.1 Å². The van der Waals surface area contributed by atoms with E-state index in [-0.39, 0.29) is 23.8 Å². The largest absolute Gasteiger partial charge is 0.505 e. The van der Waals surface area contributed by atoms with Crippen LogP contribution in [0.3, 0.4) is 0 Å². The highest BCUT2D eigenvalue weighted by Crippen LogP contribution is 2.33. The number of aromatic hydroxyl groups is 1. The summed E-state index contributed by atoms with van der Waals surface area (Å²) in [5, 5.41) is 20.3.